The summed E-state index contributed by atoms with van der Waals surface area (Å²) in [6.07, 6.45) is -0.181. The van der Waals surface area contributed by atoms with Gasteiger partial charge in [0.15, 0.2) is 0 Å². The van der Waals surface area contributed by atoms with E-state index in [1.807, 2.05) is 0 Å². The van der Waals surface area contributed by atoms with Crippen molar-refractivity contribution in [3.05, 3.63) is 24.3 Å². The summed E-state index contributed by atoms with van der Waals surface area (Å²) >= 11 is 0. The molecule has 2 unspecified atom stereocenters. The Bertz CT molecular complexity index is 517. The van der Waals surface area contributed by atoms with Crippen LogP contribution in [0.3, 0.4) is 0 Å². The molecular weight excluding hydrogens is 280 g/mol. The molecule has 0 aliphatic carbocycles. The van der Waals surface area contributed by atoms with Gasteiger partial charge in [-0.05, 0) is 32.4 Å². The molecular formula is C13H22N2O4S. The van der Waals surface area contributed by atoms with Gasteiger partial charge in [0.1, 0.15) is 12.4 Å². The number of para-hydroxylation sites is 2. The molecule has 1 rings (SSSR count). The number of hydrogen-bond donors (Lipinski definition) is 3. The first kappa shape index (κ1) is 16.7. The third-order valence-corrected chi connectivity index (χ3v) is 4.07. The number of aliphatic hydroxyl groups is 1. The Balaban J connectivity index is 2.42. The summed E-state index contributed by atoms with van der Waals surface area (Å²) in [5.74, 6) is 0.311. The van der Waals surface area contributed by atoms with Crippen molar-refractivity contribution in [3.63, 3.8) is 0 Å². The average Bonchev–Trinajstić information content (AvgIpc) is 2.29. The first-order chi connectivity index (χ1) is 9.30. The molecule has 0 heterocycles. The molecule has 20 heavy (non-hydrogen) atoms. The number of nitrogen functional groups attached to an aromatic ring is 1. The Morgan fingerprint density at radius 2 is 2.00 bits per heavy atom. The Morgan fingerprint density at radius 3 is 2.60 bits per heavy atom. The van der Waals surface area contributed by atoms with Crippen LogP contribution in [0.25, 0.3) is 0 Å². The minimum Gasteiger partial charge on any atom is -0.490 e. The monoisotopic (exact) mass is 302 g/mol. The quantitative estimate of drug-likeness (QED) is 0.614. The predicted octanol–water partition coefficient (Wildman–Crippen LogP) is 0.726. The third kappa shape index (κ3) is 6.23. The van der Waals surface area contributed by atoms with Crippen molar-refractivity contribution < 1.29 is 18.3 Å². The van der Waals surface area contributed by atoms with Gasteiger partial charge in [0.2, 0.25) is 10.0 Å². The van der Waals surface area contributed by atoms with Crippen molar-refractivity contribution in [3.8, 4) is 5.75 Å². The largest absolute Gasteiger partial charge is 0.490 e. The molecule has 6 nitrogen and oxygen atoms in total. The van der Waals surface area contributed by atoms with Crippen molar-refractivity contribution in [2.45, 2.75) is 32.4 Å². The van der Waals surface area contributed by atoms with Crippen molar-refractivity contribution in [1.82, 2.24) is 4.72 Å². The van der Waals surface area contributed by atoms with Gasteiger partial charge in [0.25, 0.3) is 0 Å². The van der Waals surface area contributed by atoms with Gasteiger partial charge >= 0.3 is 0 Å². The Labute approximate surface area is 120 Å². The molecule has 0 saturated carbocycles. The van der Waals surface area contributed by atoms with E-state index in [2.05, 4.69) is 4.72 Å². The average molecular weight is 302 g/mol. The fraction of sp³-hybridized carbons (Fsp3) is 0.538. The van der Waals surface area contributed by atoms with Crippen LogP contribution in [0.5, 0.6) is 5.75 Å². The van der Waals surface area contributed by atoms with Gasteiger partial charge in [0, 0.05) is 6.04 Å². The highest BCUT2D eigenvalue weighted by molar-refractivity contribution is 7.89. The predicted molar refractivity (Wildman–Crippen MR) is 79.0 cm³/mol. The van der Waals surface area contributed by atoms with E-state index in [0.717, 1.165) is 0 Å². The number of aliphatic hydroxyl groups excluding tert-OH is 1. The van der Waals surface area contributed by atoms with Crippen LogP contribution in [-0.4, -0.2) is 38.0 Å². The van der Waals surface area contributed by atoms with Crippen LogP contribution in [0.1, 0.15) is 20.3 Å². The Kier molecular flexibility index (Phi) is 6.25. The number of rotatable bonds is 8. The first-order valence-electron chi connectivity index (χ1n) is 6.45. The number of benzene rings is 1. The minimum absolute atomic E-state index is 0.0188. The molecule has 0 aliphatic heterocycles. The lowest BCUT2D eigenvalue weighted by atomic mass is 10.2. The van der Waals surface area contributed by atoms with E-state index in [1.54, 1.807) is 38.1 Å². The van der Waals surface area contributed by atoms with Gasteiger partial charge in [0.05, 0.1) is 17.5 Å². The van der Waals surface area contributed by atoms with Crippen molar-refractivity contribution in [1.29, 1.82) is 0 Å². The second kappa shape index (κ2) is 7.47. The summed E-state index contributed by atoms with van der Waals surface area (Å²) < 4.78 is 31.4. The smallest absolute Gasteiger partial charge is 0.215 e. The number of hydrogen-bond acceptors (Lipinski definition) is 5. The molecule has 0 amide bonds. The molecule has 1 aromatic carbocycles. The highest BCUT2D eigenvalue weighted by atomic mass is 32.2. The fourth-order valence-corrected chi connectivity index (χ4v) is 2.93. The van der Waals surface area contributed by atoms with Gasteiger partial charge in [-0.1, -0.05) is 12.1 Å². The molecule has 1 aromatic rings. The number of sulfonamides is 1. The second-order valence-electron chi connectivity index (χ2n) is 4.81. The van der Waals surface area contributed by atoms with Gasteiger partial charge in [-0.15, -0.1) is 0 Å². The van der Waals surface area contributed by atoms with Gasteiger partial charge < -0.3 is 15.6 Å². The molecule has 0 saturated heterocycles. The highest BCUT2D eigenvalue weighted by Crippen LogP contribution is 2.19. The van der Waals surface area contributed by atoms with Gasteiger partial charge in [-0.2, -0.15) is 0 Å². The summed E-state index contributed by atoms with van der Waals surface area (Å²) in [5, 5.41) is 9.20. The fourth-order valence-electron chi connectivity index (χ4n) is 1.80. The standard InChI is InChI=1S/C13H22N2O4S/c1-10(9-11(2)16)15-20(17,18)8-7-19-13-6-4-3-5-12(13)14/h3-6,10-11,15-16H,7-9,14H2,1-2H3. The molecule has 0 radical (unpaired) electrons. The SMILES string of the molecule is CC(O)CC(C)NS(=O)(=O)CCOc1ccccc1N. The number of nitrogens with one attached hydrogen (secondary N) is 1. The zero-order valence-electron chi connectivity index (χ0n) is 11.7. The van der Waals surface area contributed by atoms with E-state index in [0.29, 0.717) is 17.9 Å². The van der Waals surface area contributed by atoms with Crippen LogP contribution in [0.15, 0.2) is 24.3 Å². The van der Waals surface area contributed by atoms with E-state index in [-0.39, 0.29) is 18.4 Å². The minimum atomic E-state index is -3.44. The van der Waals surface area contributed by atoms with Crippen LogP contribution in [0.2, 0.25) is 0 Å². The van der Waals surface area contributed by atoms with Crippen LogP contribution >= 0.6 is 0 Å². The molecule has 0 spiro atoms. The zero-order chi connectivity index (χ0) is 15.2. The molecule has 2 atom stereocenters. The second-order valence-corrected chi connectivity index (χ2v) is 6.68. The van der Waals surface area contributed by atoms with Crippen LogP contribution in [0, 0.1) is 0 Å². The lowest BCUT2D eigenvalue weighted by Crippen LogP contribution is -2.37. The molecule has 0 aromatic heterocycles. The third-order valence-electron chi connectivity index (χ3n) is 2.60. The normalized spacial score (nSPS) is 14.8. The zero-order valence-corrected chi connectivity index (χ0v) is 12.6. The molecule has 0 fully saturated rings. The lowest BCUT2D eigenvalue weighted by Gasteiger charge is -2.16. The highest BCUT2D eigenvalue weighted by Gasteiger charge is 2.16. The summed E-state index contributed by atoms with van der Waals surface area (Å²) in [6.45, 7) is 3.34. The van der Waals surface area contributed by atoms with E-state index in [4.69, 9.17) is 10.5 Å². The molecule has 7 heteroatoms. The summed E-state index contributed by atoms with van der Waals surface area (Å²) in [5.41, 5.74) is 6.16. The van der Waals surface area contributed by atoms with Crippen LogP contribution in [0.4, 0.5) is 5.69 Å². The maximum absolute atomic E-state index is 11.8. The van der Waals surface area contributed by atoms with E-state index >= 15 is 0 Å². The first-order valence-corrected chi connectivity index (χ1v) is 8.11. The number of ether oxygens (including phenoxy) is 1. The molecule has 114 valence electrons. The molecule has 4 N–H and O–H groups in total. The lowest BCUT2D eigenvalue weighted by molar-refractivity contribution is 0.175. The van der Waals surface area contributed by atoms with Crippen LogP contribution in [-0.2, 0) is 10.0 Å². The van der Waals surface area contributed by atoms with E-state index < -0.39 is 16.1 Å². The maximum Gasteiger partial charge on any atom is 0.215 e. The van der Waals surface area contributed by atoms with E-state index in [1.165, 1.54) is 0 Å². The summed E-state index contributed by atoms with van der Waals surface area (Å²) in [6, 6.07) is 6.60. The van der Waals surface area contributed by atoms with E-state index in [9.17, 15) is 13.5 Å². The number of nitrogens with two attached hydrogens (primary N) is 1. The van der Waals surface area contributed by atoms with Crippen LogP contribution < -0.4 is 15.2 Å². The summed E-state index contributed by atoms with van der Waals surface area (Å²) in [4.78, 5) is 0. The van der Waals surface area contributed by atoms with Gasteiger partial charge in [-0.3, -0.25) is 0 Å². The Hall–Kier alpha value is -1.31. The van der Waals surface area contributed by atoms with Crippen molar-refractivity contribution >= 4 is 15.7 Å². The Morgan fingerprint density at radius 1 is 1.35 bits per heavy atom. The topological polar surface area (TPSA) is 102 Å². The van der Waals surface area contributed by atoms with Crippen molar-refractivity contribution in [2.24, 2.45) is 0 Å². The molecule has 0 bridgehead atoms. The number of anilines is 1. The molecule has 0 aliphatic rings. The van der Waals surface area contributed by atoms with Crippen molar-refractivity contribution in [2.75, 3.05) is 18.1 Å². The maximum atomic E-state index is 11.8. The van der Waals surface area contributed by atoms with Gasteiger partial charge in [-0.25, -0.2) is 13.1 Å². The summed E-state index contributed by atoms with van der Waals surface area (Å²) in [7, 11) is -3.44.